The van der Waals surface area contributed by atoms with Crippen LogP contribution < -0.4 is 11.3 Å². The monoisotopic (exact) mass is 114 g/mol. The van der Waals surface area contributed by atoms with E-state index in [0.717, 1.165) is 13.0 Å². The minimum absolute atomic E-state index is 0.736. The minimum Gasteiger partial charge on any atom is -0.222 e. The fraction of sp³-hybridized carbons (Fsp3) is 1.00. The Kier molecular flexibility index (Phi) is 6.85. The SMILES string of the molecule is CCCCCCN[N]. The van der Waals surface area contributed by atoms with Crippen molar-refractivity contribution in [3.63, 3.8) is 0 Å². The van der Waals surface area contributed by atoms with Crippen molar-refractivity contribution >= 4 is 0 Å². The Hall–Kier alpha value is -0.0800. The van der Waals surface area contributed by atoms with Crippen molar-refractivity contribution in [3.05, 3.63) is 0 Å². The van der Waals surface area contributed by atoms with Crippen molar-refractivity contribution in [2.75, 3.05) is 6.54 Å². The molecule has 0 saturated carbocycles. The van der Waals surface area contributed by atoms with Gasteiger partial charge >= 0.3 is 0 Å². The zero-order valence-electron chi connectivity index (χ0n) is 5.48. The van der Waals surface area contributed by atoms with Crippen LogP contribution in [-0.4, -0.2) is 6.54 Å². The summed E-state index contributed by atoms with van der Waals surface area (Å²) in [5.41, 5.74) is 2.13. The number of unbranched alkanes of at least 4 members (excludes halogenated alkanes) is 3. The predicted molar refractivity (Wildman–Crippen MR) is 34.3 cm³/mol. The van der Waals surface area contributed by atoms with Crippen LogP contribution in [0.1, 0.15) is 32.6 Å². The van der Waals surface area contributed by atoms with E-state index < -0.39 is 0 Å². The molecule has 0 aliphatic carbocycles. The molecule has 0 aromatic carbocycles. The first-order chi connectivity index (χ1) is 3.91. The number of rotatable bonds is 5. The van der Waals surface area contributed by atoms with Gasteiger partial charge in [-0.2, -0.15) is 0 Å². The van der Waals surface area contributed by atoms with Crippen LogP contribution in [0.25, 0.3) is 0 Å². The summed E-state index contributed by atoms with van der Waals surface area (Å²) >= 11 is 0. The highest BCUT2D eigenvalue weighted by Crippen LogP contribution is 1.95. The van der Waals surface area contributed by atoms with E-state index in [1.165, 1.54) is 19.3 Å². The molecule has 0 saturated heterocycles. The van der Waals surface area contributed by atoms with Crippen LogP contribution in [-0.2, 0) is 0 Å². The van der Waals surface area contributed by atoms with Crippen molar-refractivity contribution in [3.8, 4) is 0 Å². The Labute approximate surface area is 51.4 Å². The third-order valence-corrected chi connectivity index (χ3v) is 1.14. The van der Waals surface area contributed by atoms with Crippen LogP contribution in [0.15, 0.2) is 0 Å². The second kappa shape index (κ2) is 6.92. The predicted octanol–water partition coefficient (Wildman–Crippen LogP) is 1.14. The Balaban J connectivity index is 2.53. The van der Waals surface area contributed by atoms with Gasteiger partial charge in [0.25, 0.3) is 0 Å². The summed E-state index contributed by atoms with van der Waals surface area (Å²) in [4.78, 5) is 0. The number of nitrogens with one attached hydrogen (secondary N) is 1. The fourth-order valence-corrected chi connectivity index (χ4v) is 0.631. The highest BCUT2D eigenvalue weighted by molar-refractivity contribution is 4.40. The molecule has 48 valence electrons. The van der Waals surface area contributed by atoms with E-state index in [1.807, 2.05) is 0 Å². The van der Waals surface area contributed by atoms with Crippen molar-refractivity contribution in [1.82, 2.24) is 11.3 Å². The van der Waals surface area contributed by atoms with Crippen LogP contribution in [0, 0.1) is 0 Å². The van der Waals surface area contributed by atoms with Gasteiger partial charge in [-0.3, -0.25) is 0 Å². The molecule has 0 atom stereocenters. The largest absolute Gasteiger partial charge is 0.222 e. The smallest absolute Gasteiger partial charge is 0.0131 e. The van der Waals surface area contributed by atoms with E-state index in [0.29, 0.717) is 0 Å². The Bertz CT molecular complexity index is 31.5. The van der Waals surface area contributed by atoms with Crippen molar-refractivity contribution in [2.45, 2.75) is 32.6 Å². The summed E-state index contributed by atoms with van der Waals surface area (Å²) in [6.45, 7) is 2.91. The van der Waals surface area contributed by atoms with Gasteiger partial charge in [-0.25, -0.2) is 5.43 Å². The highest BCUT2D eigenvalue weighted by atomic mass is 15.2. The molecule has 0 aromatic rings. The first-order valence-corrected chi connectivity index (χ1v) is 3.28. The fourth-order valence-electron chi connectivity index (χ4n) is 0.631. The average molecular weight is 114 g/mol. The molecule has 0 unspecified atom stereocenters. The second-order valence-corrected chi connectivity index (χ2v) is 1.97. The molecule has 0 bridgehead atoms. The summed E-state index contributed by atoms with van der Waals surface area (Å²) < 4.78 is 0. The van der Waals surface area contributed by atoms with Gasteiger partial charge in [0.05, 0.1) is 0 Å². The molecule has 0 aliphatic heterocycles. The molecule has 1 N–H and O–H groups in total. The zero-order chi connectivity index (χ0) is 6.24. The topological polar surface area (TPSA) is 34.3 Å². The van der Waals surface area contributed by atoms with E-state index in [4.69, 9.17) is 5.84 Å². The molecular formula is C6H14N2. The van der Waals surface area contributed by atoms with Crippen molar-refractivity contribution < 1.29 is 0 Å². The van der Waals surface area contributed by atoms with Gasteiger partial charge in [0.2, 0.25) is 0 Å². The zero-order valence-corrected chi connectivity index (χ0v) is 5.48. The maximum atomic E-state index is 8.12. The van der Waals surface area contributed by atoms with Gasteiger partial charge in [-0.15, -0.1) is 0 Å². The summed E-state index contributed by atoms with van der Waals surface area (Å²) in [7, 11) is 0. The molecule has 2 radical (unpaired) electrons. The maximum absolute atomic E-state index is 8.12. The van der Waals surface area contributed by atoms with Crippen LogP contribution in [0.5, 0.6) is 0 Å². The normalized spacial score (nSPS) is 9.75. The van der Waals surface area contributed by atoms with Crippen LogP contribution >= 0.6 is 0 Å². The first-order valence-electron chi connectivity index (χ1n) is 3.28. The maximum Gasteiger partial charge on any atom is 0.0131 e. The molecule has 0 rings (SSSR count). The van der Waals surface area contributed by atoms with Crippen LogP contribution in [0.4, 0.5) is 0 Å². The lowest BCUT2D eigenvalue weighted by molar-refractivity contribution is 0.604. The first kappa shape index (κ1) is 7.92. The van der Waals surface area contributed by atoms with E-state index in [9.17, 15) is 0 Å². The minimum atomic E-state index is 0.736. The van der Waals surface area contributed by atoms with Gasteiger partial charge in [-0.05, 0) is 12.3 Å². The Morgan fingerprint density at radius 1 is 1.25 bits per heavy atom. The van der Waals surface area contributed by atoms with E-state index in [-0.39, 0.29) is 0 Å². The lowest BCUT2D eigenvalue weighted by atomic mass is 10.2. The third kappa shape index (κ3) is 5.92. The van der Waals surface area contributed by atoms with Gasteiger partial charge in [-0.1, -0.05) is 26.2 Å². The van der Waals surface area contributed by atoms with Gasteiger partial charge in [0, 0.05) is 6.54 Å². The lowest BCUT2D eigenvalue weighted by Gasteiger charge is -1.94. The third-order valence-electron chi connectivity index (χ3n) is 1.14. The average Bonchev–Trinajstić information content (AvgIpc) is 1.81. The molecule has 0 spiro atoms. The molecule has 2 nitrogen and oxygen atoms in total. The molecule has 0 heterocycles. The summed E-state index contributed by atoms with van der Waals surface area (Å²) in [6.07, 6.45) is 4.85. The van der Waals surface area contributed by atoms with Crippen LogP contribution in [0.3, 0.4) is 0 Å². The number of hydrogen-bond acceptors (Lipinski definition) is 1. The van der Waals surface area contributed by atoms with Crippen molar-refractivity contribution in [2.24, 2.45) is 0 Å². The second-order valence-electron chi connectivity index (χ2n) is 1.97. The highest BCUT2D eigenvalue weighted by Gasteiger charge is 1.83. The van der Waals surface area contributed by atoms with Crippen molar-refractivity contribution in [1.29, 1.82) is 0 Å². The molecule has 0 amide bonds. The number of hydrogen-bond donors (Lipinski definition) is 1. The van der Waals surface area contributed by atoms with E-state index >= 15 is 0 Å². The molecule has 8 heavy (non-hydrogen) atoms. The van der Waals surface area contributed by atoms with Gasteiger partial charge < -0.3 is 0 Å². The molecule has 0 aromatic heterocycles. The molecule has 0 aliphatic rings. The summed E-state index contributed by atoms with van der Waals surface area (Å²) in [6, 6.07) is 0. The Morgan fingerprint density at radius 3 is 2.50 bits per heavy atom. The summed E-state index contributed by atoms with van der Waals surface area (Å²) in [5.74, 6) is 8.12. The van der Waals surface area contributed by atoms with Crippen LogP contribution in [0.2, 0.25) is 0 Å². The molecular weight excluding hydrogens is 100 g/mol. The Morgan fingerprint density at radius 2 is 2.00 bits per heavy atom. The quantitative estimate of drug-likeness (QED) is 0.422. The number of nitrogens with zero attached hydrogens (tertiary/aromatic N) is 1. The molecule has 2 heteroatoms. The van der Waals surface area contributed by atoms with E-state index in [1.54, 1.807) is 0 Å². The standard InChI is InChI=1S/C6H14N2/c1-2-3-4-5-6-8-7/h8H,2-6H2,1H3. The van der Waals surface area contributed by atoms with Gasteiger partial charge in [0.15, 0.2) is 0 Å². The lowest BCUT2D eigenvalue weighted by Crippen LogP contribution is -2.10. The van der Waals surface area contributed by atoms with Gasteiger partial charge in [0.1, 0.15) is 0 Å². The molecule has 0 fully saturated rings. The van der Waals surface area contributed by atoms with E-state index in [2.05, 4.69) is 12.3 Å². The summed E-state index contributed by atoms with van der Waals surface area (Å²) in [5, 5.41) is 0.